The van der Waals surface area contributed by atoms with E-state index in [1.165, 1.54) is 4.90 Å². The van der Waals surface area contributed by atoms with E-state index in [9.17, 15) is 14.4 Å². The highest BCUT2D eigenvalue weighted by atomic mass is 16.2. The Morgan fingerprint density at radius 1 is 1.23 bits per heavy atom. The Kier molecular flexibility index (Phi) is 5.11. The number of amides is 2. The van der Waals surface area contributed by atoms with Gasteiger partial charge in [-0.2, -0.15) is 0 Å². The van der Waals surface area contributed by atoms with E-state index in [4.69, 9.17) is 0 Å². The first-order valence-corrected chi connectivity index (χ1v) is 7.92. The van der Waals surface area contributed by atoms with Crippen LogP contribution in [-0.4, -0.2) is 23.0 Å². The van der Waals surface area contributed by atoms with Crippen LogP contribution in [0.25, 0.3) is 0 Å². The lowest BCUT2D eigenvalue weighted by atomic mass is 9.70. The van der Waals surface area contributed by atoms with E-state index < -0.39 is 11.3 Å². The summed E-state index contributed by atoms with van der Waals surface area (Å²) in [6.45, 7) is 4.21. The zero-order chi connectivity index (χ0) is 16.2. The maximum atomic E-state index is 12.7. The number of benzene rings is 1. The van der Waals surface area contributed by atoms with Gasteiger partial charge in [-0.3, -0.25) is 14.5 Å². The summed E-state index contributed by atoms with van der Waals surface area (Å²) in [5.74, 6) is -0.878. The third-order valence-corrected chi connectivity index (χ3v) is 4.73. The van der Waals surface area contributed by atoms with Gasteiger partial charge in [-0.25, -0.2) is 0 Å². The van der Waals surface area contributed by atoms with Crippen molar-refractivity contribution < 1.29 is 14.4 Å². The largest absolute Gasteiger partial charge is 0.303 e. The molecule has 0 aromatic heterocycles. The molecule has 4 nitrogen and oxygen atoms in total. The number of imide groups is 1. The van der Waals surface area contributed by atoms with Gasteiger partial charge in [0.05, 0.1) is 12.5 Å². The molecule has 0 N–H and O–H groups in total. The van der Waals surface area contributed by atoms with Gasteiger partial charge in [-0.1, -0.05) is 50.6 Å². The Balaban J connectivity index is 2.22. The van der Waals surface area contributed by atoms with Gasteiger partial charge in [-0.15, -0.1) is 0 Å². The average molecular weight is 301 g/mol. The zero-order valence-corrected chi connectivity index (χ0v) is 13.2. The fourth-order valence-electron chi connectivity index (χ4n) is 3.35. The van der Waals surface area contributed by atoms with Crippen molar-refractivity contribution in [3.8, 4) is 0 Å². The molecule has 22 heavy (non-hydrogen) atoms. The van der Waals surface area contributed by atoms with Gasteiger partial charge in [0.15, 0.2) is 0 Å². The van der Waals surface area contributed by atoms with Crippen LogP contribution in [0.1, 0.15) is 45.1 Å². The molecule has 1 aliphatic heterocycles. The molecule has 1 unspecified atom stereocenters. The first-order chi connectivity index (χ1) is 10.6. The van der Waals surface area contributed by atoms with E-state index in [1.807, 2.05) is 44.2 Å². The predicted octanol–water partition coefficient (Wildman–Crippen LogP) is 2.96. The molecule has 1 heterocycles. The normalized spacial score (nSPS) is 21.0. The SMILES string of the molecule is CCCC(C=O)(CC)[C@H]1CC(=O)N(Cc2ccccc2)C1=O. The van der Waals surface area contributed by atoms with Crippen LogP contribution in [0, 0.1) is 11.3 Å². The molecular formula is C18H23NO3. The van der Waals surface area contributed by atoms with Crippen LogP contribution in [-0.2, 0) is 20.9 Å². The van der Waals surface area contributed by atoms with Crippen LogP contribution >= 0.6 is 0 Å². The second-order valence-electron chi connectivity index (χ2n) is 6.01. The standard InChI is InChI=1S/C18H23NO3/c1-3-10-18(4-2,13-20)15-11-16(21)19(17(15)22)12-14-8-6-5-7-9-14/h5-9,13,15H,3-4,10-12H2,1-2H3/t15-,18?/m0/s1. The van der Waals surface area contributed by atoms with Crippen molar-refractivity contribution in [1.29, 1.82) is 0 Å². The van der Waals surface area contributed by atoms with Crippen LogP contribution in [0.15, 0.2) is 30.3 Å². The first kappa shape index (κ1) is 16.4. The van der Waals surface area contributed by atoms with Crippen LogP contribution in [0.4, 0.5) is 0 Å². The summed E-state index contributed by atoms with van der Waals surface area (Å²) < 4.78 is 0. The van der Waals surface area contributed by atoms with E-state index in [0.717, 1.165) is 18.3 Å². The number of hydrogen-bond acceptors (Lipinski definition) is 3. The van der Waals surface area contributed by atoms with Gasteiger partial charge in [0.2, 0.25) is 11.8 Å². The van der Waals surface area contributed by atoms with Crippen LogP contribution in [0.5, 0.6) is 0 Å². The van der Waals surface area contributed by atoms with Crippen LogP contribution in [0.2, 0.25) is 0 Å². The molecule has 0 spiro atoms. The number of aldehydes is 1. The first-order valence-electron chi connectivity index (χ1n) is 7.92. The average Bonchev–Trinajstić information content (AvgIpc) is 2.82. The summed E-state index contributed by atoms with van der Waals surface area (Å²) in [5.41, 5.74) is 0.223. The lowest BCUT2D eigenvalue weighted by Gasteiger charge is -2.31. The second-order valence-corrected chi connectivity index (χ2v) is 6.01. The minimum atomic E-state index is -0.701. The summed E-state index contributed by atoms with van der Waals surface area (Å²) in [4.78, 5) is 38.0. The van der Waals surface area contributed by atoms with E-state index in [2.05, 4.69) is 0 Å². The minimum absolute atomic E-state index is 0.151. The summed E-state index contributed by atoms with van der Waals surface area (Å²) in [6.07, 6.45) is 3.11. The van der Waals surface area contributed by atoms with Gasteiger partial charge in [0.25, 0.3) is 0 Å². The Hall–Kier alpha value is -1.97. The van der Waals surface area contributed by atoms with Crippen molar-refractivity contribution in [3.63, 3.8) is 0 Å². The summed E-state index contributed by atoms with van der Waals surface area (Å²) in [7, 11) is 0. The number of carbonyl (C=O) groups excluding carboxylic acids is 3. The number of likely N-dealkylation sites (tertiary alicyclic amines) is 1. The van der Waals surface area contributed by atoms with Crippen molar-refractivity contribution in [2.24, 2.45) is 11.3 Å². The number of carbonyl (C=O) groups is 3. The van der Waals surface area contributed by atoms with Gasteiger partial charge in [-0.05, 0) is 18.4 Å². The molecule has 2 rings (SSSR count). The lowest BCUT2D eigenvalue weighted by molar-refractivity contribution is -0.143. The molecule has 118 valence electrons. The Labute approximate surface area is 131 Å². The van der Waals surface area contributed by atoms with Crippen molar-refractivity contribution >= 4 is 18.1 Å². The Bertz CT molecular complexity index is 555. The summed E-state index contributed by atoms with van der Waals surface area (Å²) in [5, 5.41) is 0. The van der Waals surface area contributed by atoms with E-state index in [1.54, 1.807) is 0 Å². The van der Waals surface area contributed by atoms with Crippen molar-refractivity contribution in [1.82, 2.24) is 4.90 Å². The highest BCUT2D eigenvalue weighted by Crippen LogP contribution is 2.41. The number of hydrogen-bond donors (Lipinski definition) is 0. The molecule has 0 aliphatic carbocycles. The monoisotopic (exact) mass is 301 g/mol. The van der Waals surface area contributed by atoms with E-state index >= 15 is 0 Å². The third kappa shape index (κ3) is 2.96. The maximum absolute atomic E-state index is 12.7. The topological polar surface area (TPSA) is 54.5 Å². The molecule has 1 aromatic carbocycles. The molecule has 0 bridgehead atoms. The fourth-order valence-corrected chi connectivity index (χ4v) is 3.35. The predicted molar refractivity (Wildman–Crippen MR) is 83.8 cm³/mol. The molecule has 0 saturated carbocycles. The zero-order valence-electron chi connectivity index (χ0n) is 13.2. The molecular weight excluding hydrogens is 278 g/mol. The van der Waals surface area contributed by atoms with Crippen molar-refractivity contribution in [2.45, 2.75) is 46.1 Å². The molecule has 1 aromatic rings. The highest BCUT2D eigenvalue weighted by Gasteiger charge is 2.49. The Morgan fingerprint density at radius 2 is 1.91 bits per heavy atom. The quantitative estimate of drug-likeness (QED) is 0.575. The molecule has 1 saturated heterocycles. The van der Waals surface area contributed by atoms with Crippen LogP contribution in [0.3, 0.4) is 0 Å². The van der Waals surface area contributed by atoms with Crippen molar-refractivity contribution in [2.75, 3.05) is 0 Å². The van der Waals surface area contributed by atoms with E-state index in [0.29, 0.717) is 19.4 Å². The van der Waals surface area contributed by atoms with Gasteiger partial charge in [0, 0.05) is 11.8 Å². The molecule has 4 heteroatoms. The van der Waals surface area contributed by atoms with Gasteiger partial charge >= 0.3 is 0 Å². The molecule has 0 radical (unpaired) electrons. The molecule has 2 atom stereocenters. The summed E-state index contributed by atoms with van der Waals surface area (Å²) >= 11 is 0. The smallest absolute Gasteiger partial charge is 0.234 e. The van der Waals surface area contributed by atoms with Crippen LogP contribution < -0.4 is 0 Å². The second kappa shape index (κ2) is 6.86. The summed E-state index contributed by atoms with van der Waals surface area (Å²) in [6, 6.07) is 9.46. The molecule has 1 aliphatic rings. The fraction of sp³-hybridized carbons (Fsp3) is 0.500. The van der Waals surface area contributed by atoms with E-state index in [-0.39, 0.29) is 18.2 Å². The van der Waals surface area contributed by atoms with Gasteiger partial charge < -0.3 is 4.79 Å². The van der Waals surface area contributed by atoms with Gasteiger partial charge in [0.1, 0.15) is 6.29 Å². The molecule has 1 fully saturated rings. The highest BCUT2D eigenvalue weighted by molar-refractivity contribution is 6.05. The number of rotatable bonds is 7. The molecule has 2 amide bonds. The maximum Gasteiger partial charge on any atom is 0.234 e. The van der Waals surface area contributed by atoms with Crippen molar-refractivity contribution in [3.05, 3.63) is 35.9 Å². The Morgan fingerprint density at radius 3 is 2.45 bits per heavy atom. The lowest BCUT2D eigenvalue weighted by Crippen LogP contribution is -2.38. The number of nitrogens with zero attached hydrogens (tertiary/aromatic N) is 1. The third-order valence-electron chi connectivity index (χ3n) is 4.73. The minimum Gasteiger partial charge on any atom is -0.303 e.